The second-order valence-corrected chi connectivity index (χ2v) is 10.4. The predicted octanol–water partition coefficient (Wildman–Crippen LogP) is 5.32. The number of nitrogens with zero attached hydrogens (tertiary/aromatic N) is 2. The first-order valence-corrected chi connectivity index (χ1v) is 12.8. The Labute approximate surface area is 196 Å². The normalized spacial score (nSPS) is 12.3. The molecule has 9 nitrogen and oxygen atoms in total. The van der Waals surface area contributed by atoms with E-state index in [1.807, 2.05) is 0 Å². The molecule has 0 aliphatic rings. The fraction of sp³-hybridized carbons (Fsp3) is 0.0435. The molecule has 0 atom stereocenters. The maximum absolute atomic E-state index is 13.0. The van der Waals surface area contributed by atoms with Gasteiger partial charge >= 0.3 is 0 Å². The molecule has 34 heavy (non-hydrogen) atoms. The molecule has 0 amide bonds. The molecule has 0 bridgehead atoms. The summed E-state index contributed by atoms with van der Waals surface area (Å²) < 4.78 is 62.0. The van der Waals surface area contributed by atoms with Crippen LogP contribution in [0.15, 0.2) is 98.9 Å². The molecule has 11 heteroatoms. The van der Waals surface area contributed by atoms with Crippen LogP contribution in [0.4, 0.5) is 17.1 Å². The van der Waals surface area contributed by atoms with Crippen molar-refractivity contribution in [3.8, 4) is 5.75 Å². The lowest BCUT2D eigenvalue weighted by atomic mass is 10.1. The van der Waals surface area contributed by atoms with Gasteiger partial charge in [0.2, 0.25) is 0 Å². The maximum atomic E-state index is 13.0. The fourth-order valence-electron chi connectivity index (χ4n) is 3.35. The third kappa shape index (κ3) is 4.76. The SMILES string of the molecule is Cc1ccc(N=Nc2cc(S(=O)(=O)O)c3ccccc3c2O)c(S(=O)(=O)Nc2ccccc2)c1. The molecule has 0 aliphatic carbocycles. The highest BCUT2D eigenvalue weighted by atomic mass is 32.2. The minimum Gasteiger partial charge on any atom is -0.505 e. The lowest BCUT2D eigenvalue weighted by Crippen LogP contribution is -2.13. The van der Waals surface area contributed by atoms with Gasteiger partial charge in [-0.25, -0.2) is 8.42 Å². The van der Waals surface area contributed by atoms with Crippen molar-refractivity contribution < 1.29 is 26.5 Å². The minimum atomic E-state index is -4.64. The van der Waals surface area contributed by atoms with Crippen LogP contribution in [-0.2, 0) is 20.1 Å². The van der Waals surface area contributed by atoms with Crippen LogP contribution in [-0.4, -0.2) is 26.5 Å². The molecular formula is C23H19N3O6S2. The van der Waals surface area contributed by atoms with Crippen LogP contribution < -0.4 is 4.72 Å². The molecule has 0 heterocycles. The Bertz CT molecular complexity index is 1630. The summed E-state index contributed by atoms with van der Waals surface area (Å²) in [4.78, 5) is -0.618. The van der Waals surface area contributed by atoms with Crippen LogP contribution in [0.3, 0.4) is 0 Å². The van der Waals surface area contributed by atoms with Crippen molar-refractivity contribution in [3.63, 3.8) is 0 Å². The number of azo groups is 1. The minimum absolute atomic E-state index is 0.0324. The van der Waals surface area contributed by atoms with Crippen molar-refractivity contribution in [1.82, 2.24) is 0 Å². The van der Waals surface area contributed by atoms with E-state index in [1.54, 1.807) is 55.5 Å². The number of fused-ring (bicyclic) bond motifs is 1. The average molecular weight is 498 g/mol. The highest BCUT2D eigenvalue weighted by Crippen LogP contribution is 2.40. The van der Waals surface area contributed by atoms with Crippen molar-refractivity contribution in [2.45, 2.75) is 16.7 Å². The number of hydrogen-bond acceptors (Lipinski definition) is 7. The van der Waals surface area contributed by atoms with Crippen molar-refractivity contribution in [1.29, 1.82) is 0 Å². The van der Waals surface area contributed by atoms with Gasteiger partial charge in [0.15, 0.2) is 5.75 Å². The summed E-state index contributed by atoms with van der Waals surface area (Å²) in [7, 11) is -8.69. The molecule has 4 aromatic rings. The smallest absolute Gasteiger partial charge is 0.295 e. The Kier molecular flexibility index (Phi) is 6.09. The van der Waals surface area contributed by atoms with E-state index in [0.29, 0.717) is 11.3 Å². The summed E-state index contributed by atoms with van der Waals surface area (Å²) in [6.45, 7) is 1.72. The summed E-state index contributed by atoms with van der Waals surface area (Å²) in [6, 6.07) is 19.8. The number of aromatic hydroxyl groups is 1. The van der Waals surface area contributed by atoms with E-state index in [1.165, 1.54) is 24.3 Å². The lowest BCUT2D eigenvalue weighted by Gasteiger charge is -2.11. The number of sulfonamides is 1. The first kappa shape index (κ1) is 23.4. The Morgan fingerprint density at radius 3 is 2.03 bits per heavy atom. The van der Waals surface area contributed by atoms with Crippen LogP contribution in [0.5, 0.6) is 5.75 Å². The molecule has 0 aromatic heterocycles. The Morgan fingerprint density at radius 2 is 1.35 bits per heavy atom. The van der Waals surface area contributed by atoms with E-state index in [9.17, 15) is 26.5 Å². The number of phenolic OH excluding ortho intramolecular Hbond substituents is 1. The number of para-hydroxylation sites is 1. The van der Waals surface area contributed by atoms with Gasteiger partial charge in [-0.3, -0.25) is 9.27 Å². The summed E-state index contributed by atoms with van der Waals surface area (Å²) >= 11 is 0. The van der Waals surface area contributed by atoms with Crippen LogP contribution in [0.2, 0.25) is 0 Å². The highest BCUT2D eigenvalue weighted by Gasteiger charge is 2.21. The number of anilines is 1. The molecule has 3 N–H and O–H groups in total. The van der Waals surface area contributed by atoms with Gasteiger partial charge in [0, 0.05) is 16.5 Å². The summed E-state index contributed by atoms with van der Waals surface area (Å²) in [5.41, 5.74) is 0.729. The zero-order valence-electron chi connectivity index (χ0n) is 17.7. The quantitative estimate of drug-likeness (QED) is 0.243. The zero-order chi connectivity index (χ0) is 24.5. The summed E-state index contributed by atoms with van der Waals surface area (Å²) in [5, 5.41) is 18.8. The number of nitrogens with one attached hydrogen (secondary N) is 1. The number of aryl methyl sites for hydroxylation is 1. The van der Waals surface area contributed by atoms with Crippen LogP contribution >= 0.6 is 0 Å². The Balaban J connectivity index is 1.82. The van der Waals surface area contributed by atoms with Gasteiger partial charge in [0.05, 0.1) is 0 Å². The van der Waals surface area contributed by atoms with Crippen molar-refractivity contribution in [2.24, 2.45) is 10.2 Å². The Morgan fingerprint density at radius 1 is 0.735 bits per heavy atom. The molecule has 4 aromatic carbocycles. The fourth-order valence-corrected chi connectivity index (χ4v) is 5.34. The first-order chi connectivity index (χ1) is 16.1. The van der Waals surface area contributed by atoms with E-state index < -0.39 is 25.0 Å². The number of rotatable bonds is 6. The highest BCUT2D eigenvalue weighted by molar-refractivity contribution is 7.92. The van der Waals surface area contributed by atoms with Crippen LogP contribution in [0.1, 0.15) is 5.56 Å². The first-order valence-electron chi connectivity index (χ1n) is 9.89. The molecular weight excluding hydrogens is 478 g/mol. The standard InChI is InChI=1S/C23H19N3O6S2/c1-15-11-12-19(22(13-15)33(28,29)26-16-7-3-2-4-8-16)24-25-20-14-21(34(30,31)32)17-9-5-6-10-18(17)23(20)27/h2-14,26-27H,1H3,(H,30,31,32). The van der Waals surface area contributed by atoms with Gasteiger partial charge in [-0.1, -0.05) is 48.5 Å². The zero-order valence-corrected chi connectivity index (χ0v) is 19.4. The van der Waals surface area contributed by atoms with E-state index in [0.717, 1.165) is 6.07 Å². The van der Waals surface area contributed by atoms with E-state index in [4.69, 9.17) is 0 Å². The maximum Gasteiger partial charge on any atom is 0.295 e. The summed E-state index contributed by atoms with van der Waals surface area (Å²) in [6.07, 6.45) is 0. The van der Waals surface area contributed by atoms with Crippen molar-refractivity contribution in [2.75, 3.05) is 4.72 Å². The second-order valence-electron chi connectivity index (χ2n) is 7.41. The van der Waals surface area contributed by atoms with Crippen LogP contribution in [0, 0.1) is 6.92 Å². The van der Waals surface area contributed by atoms with Gasteiger partial charge in [-0.05, 0) is 42.8 Å². The third-order valence-corrected chi connectivity index (χ3v) is 7.24. The number of phenols is 1. The molecule has 0 fully saturated rings. The largest absolute Gasteiger partial charge is 0.505 e. The molecule has 0 spiro atoms. The molecule has 174 valence electrons. The van der Waals surface area contributed by atoms with Gasteiger partial charge in [0.1, 0.15) is 21.2 Å². The van der Waals surface area contributed by atoms with Gasteiger partial charge in [-0.2, -0.15) is 8.42 Å². The van der Waals surface area contributed by atoms with Crippen molar-refractivity contribution in [3.05, 3.63) is 84.4 Å². The van der Waals surface area contributed by atoms with E-state index in [2.05, 4.69) is 15.0 Å². The lowest BCUT2D eigenvalue weighted by molar-refractivity contribution is 0.480. The molecule has 4 rings (SSSR count). The molecule has 0 saturated heterocycles. The van der Waals surface area contributed by atoms with Gasteiger partial charge in [-0.15, -0.1) is 10.2 Å². The third-order valence-electron chi connectivity index (χ3n) is 4.93. The predicted molar refractivity (Wildman–Crippen MR) is 128 cm³/mol. The molecule has 0 aliphatic heterocycles. The molecule has 0 unspecified atom stereocenters. The summed E-state index contributed by atoms with van der Waals surface area (Å²) in [5.74, 6) is -0.370. The topological polar surface area (TPSA) is 145 Å². The van der Waals surface area contributed by atoms with Gasteiger partial charge < -0.3 is 5.11 Å². The van der Waals surface area contributed by atoms with Crippen LogP contribution in [0.25, 0.3) is 10.8 Å². The van der Waals surface area contributed by atoms with Gasteiger partial charge in [0.25, 0.3) is 20.1 Å². The Hall–Kier alpha value is -3.80. The van der Waals surface area contributed by atoms with Crippen molar-refractivity contribution >= 4 is 48.0 Å². The monoisotopic (exact) mass is 497 g/mol. The molecule has 0 radical (unpaired) electrons. The van der Waals surface area contributed by atoms with E-state index >= 15 is 0 Å². The number of benzene rings is 4. The average Bonchev–Trinajstić information content (AvgIpc) is 2.79. The second kappa shape index (κ2) is 8.86. The van der Waals surface area contributed by atoms with E-state index in [-0.39, 0.29) is 32.8 Å². The molecule has 0 saturated carbocycles. The number of hydrogen-bond donors (Lipinski definition) is 3.